The van der Waals surface area contributed by atoms with Crippen LogP contribution in [0.1, 0.15) is 11.9 Å². The van der Waals surface area contributed by atoms with Crippen LogP contribution < -0.4 is 15.6 Å². The monoisotopic (exact) mass is 491 g/mol. The fourth-order valence-electron chi connectivity index (χ4n) is 4.69. The zero-order valence-electron chi connectivity index (χ0n) is 19.2. The van der Waals surface area contributed by atoms with Crippen LogP contribution in [-0.2, 0) is 16.5 Å². The van der Waals surface area contributed by atoms with Crippen molar-refractivity contribution in [1.29, 1.82) is 0 Å². The summed E-state index contributed by atoms with van der Waals surface area (Å²) >= 11 is 6.26. The molecule has 12 heteroatoms. The predicted molar refractivity (Wildman–Crippen MR) is 126 cm³/mol. The van der Waals surface area contributed by atoms with Crippen LogP contribution in [0.25, 0.3) is 16.6 Å². The van der Waals surface area contributed by atoms with Crippen LogP contribution in [0.4, 0.5) is 4.39 Å². The van der Waals surface area contributed by atoms with E-state index in [1.54, 1.807) is 37.3 Å². The molecule has 0 saturated carbocycles. The maximum absolute atomic E-state index is 15.4. The van der Waals surface area contributed by atoms with Crippen molar-refractivity contribution >= 4 is 28.3 Å². The van der Waals surface area contributed by atoms with E-state index in [9.17, 15) is 0 Å². The van der Waals surface area contributed by atoms with Gasteiger partial charge < -0.3 is 28.8 Å². The molecule has 0 radical (unpaired) electrons. The Kier molecular flexibility index (Phi) is 6.45. The molecule has 34 heavy (non-hydrogen) atoms. The molecule has 4 heterocycles. The van der Waals surface area contributed by atoms with E-state index < -0.39 is 12.0 Å². The van der Waals surface area contributed by atoms with Crippen LogP contribution in [0, 0.1) is 5.82 Å². The van der Waals surface area contributed by atoms with Gasteiger partial charge >= 0.3 is 0 Å². The fourth-order valence-corrected chi connectivity index (χ4v) is 4.91. The first kappa shape index (κ1) is 23.1. The van der Waals surface area contributed by atoms with Gasteiger partial charge in [-0.25, -0.2) is 19.8 Å². The number of imidazole rings is 1. The molecule has 1 aromatic carbocycles. The Morgan fingerprint density at radius 2 is 2.12 bits per heavy atom. The lowest BCUT2D eigenvalue weighted by Crippen LogP contribution is -2.53. The normalized spacial score (nSPS) is 19.9. The van der Waals surface area contributed by atoms with Gasteiger partial charge in [-0.15, -0.1) is 0 Å². The highest BCUT2D eigenvalue weighted by atomic mass is 35.5. The second-order valence-electron chi connectivity index (χ2n) is 8.17. The molecule has 3 aromatic rings. The molecule has 2 N–H and O–H groups in total. The number of hydrogen-bond donors (Lipinski definition) is 2. The van der Waals surface area contributed by atoms with E-state index >= 15 is 4.39 Å². The van der Waals surface area contributed by atoms with Gasteiger partial charge in [-0.3, -0.25) is 4.90 Å². The van der Waals surface area contributed by atoms with Gasteiger partial charge in [-0.2, -0.15) is 0 Å². The fraction of sp³-hybridized carbons (Fsp3) is 0.455. The minimum absolute atomic E-state index is 0.0616. The summed E-state index contributed by atoms with van der Waals surface area (Å²) in [5.41, 5.74) is 8.34. The summed E-state index contributed by atoms with van der Waals surface area (Å²) in [4.78, 5) is 11.4. The van der Waals surface area contributed by atoms with Crippen molar-refractivity contribution in [1.82, 2.24) is 29.9 Å². The molecule has 5 rings (SSSR count). The minimum Gasteiger partial charge on any atom is -0.495 e. The molecule has 10 nitrogen and oxygen atoms in total. The molecule has 2 atom stereocenters. The summed E-state index contributed by atoms with van der Waals surface area (Å²) in [6.45, 7) is 3.39. The smallest absolute Gasteiger partial charge is 0.169 e. The van der Waals surface area contributed by atoms with Gasteiger partial charge in [-0.1, -0.05) is 11.6 Å². The highest BCUT2D eigenvalue weighted by molar-refractivity contribution is 6.33. The van der Waals surface area contributed by atoms with Crippen molar-refractivity contribution in [3.63, 3.8) is 0 Å². The van der Waals surface area contributed by atoms with Crippen molar-refractivity contribution < 1.29 is 18.6 Å². The molecular weight excluding hydrogens is 465 g/mol. The van der Waals surface area contributed by atoms with Gasteiger partial charge in [0.1, 0.15) is 16.6 Å². The minimum atomic E-state index is -0.549. The van der Waals surface area contributed by atoms with Gasteiger partial charge in [0.2, 0.25) is 0 Å². The van der Waals surface area contributed by atoms with Crippen molar-refractivity contribution in [2.45, 2.75) is 12.2 Å². The number of fused-ring (bicyclic) bond motifs is 1. The SMILES string of the molecule is COCC(C1=NC(c2c(-n3ccnc3)c3cc(OC)c(Cl)c(F)c3n2C)NN1)N1CCOCC1. The zero-order valence-corrected chi connectivity index (χ0v) is 20.0. The van der Waals surface area contributed by atoms with Gasteiger partial charge in [0.15, 0.2) is 12.0 Å². The number of aliphatic imine (C=N–C) groups is 1. The van der Waals surface area contributed by atoms with Gasteiger partial charge in [0.05, 0.1) is 56.2 Å². The first-order valence-electron chi connectivity index (χ1n) is 11.0. The molecule has 182 valence electrons. The molecule has 1 saturated heterocycles. The Morgan fingerprint density at radius 3 is 2.79 bits per heavy atom. The summed E-state index contributed by atoms with van der Waals surface area (Å²) in [6, 6.07) is 1.68. The summed E-state index contributed by atoms with van der Waals surface area (Å²) in [7, 11) is 4.94. The molecule has 2 unspecified atom stereocenters. The molecule has 1 fully saturated rings. The lowest BCUT2D eigenvalue weighted by atomic mass is 10.2. The topological polar surface area (TPSA) is 90.1 Å². The number of rotatable bonds is 7. The van der Waals surface area contributed by atoms with E-state index in [2.05, 4.69) is 20.7 Å². The second kappa shape index (κ2) is 9.51. The second-order valence-corrected chi connectivity index (χ2v) is 8.55. The molecule has 0 spiro atoms. The maximum atomic E-state index is 15.4. The number of nitrogens with zero attached hydrogens (tertiary/aromatic N) is 5. The Bertz CT molecular complexity index is 1210. The number of ether oxygens (including phenoxy) is 3. The summed E-state index contributed by atoms with van der Waals surface area (Å²) < 4.78 is 35.4. The Balaban J connectivity index is 1.63. The number of hydrazine groups is 1. The molecule has 2 aromatic heterocycles. The lowest BCUT2D eigenvalue weighted by molar-refractivity contribution is 0.0128. The molecule has 0 aliphatic carbocycles. The average molecular weight is 492 g/mol. The predicted octanol–water partition coefficient (Wildman–Crippen LogP) is 2.02. The molecule has 2 aliphatic heterocycles. The highest BCUT2D eigenvalue weighted by Gasteiger charge is 2.34. The number of halogens is 2. The van der Waals surface area contributed by atoms with Crippen LogP contribution >= 0.6 is 11.6 Å². The van der Waals surface area contributed by atoms with Crippen LogP contribution in [0.5, 0.6) is 5.75 Å². The van der Waals surface area contributed by atoms with Crippen LogP contribution in [0.3, 0.4) is 0 Å². The van der Waals surface area contributed by atoms with Crippen LogP contribution in [0.15, 0.2) is 29.8 Å². The third-order valence-corrected chi connectivity index (χ3v) is 6.67. The third-order valence-electron chi connectivity index (χ3n) is 6.32. The number of methoxy groups -OCH3 is 2. The van der Waals surface area contributed by atoms with Gasteiger partial charge in [0.25, 0.3) is 0 Å². The first-order valence-corrected chi connectivity index (χ1v) is 11.4. The largest absolute Gasteiger partial charge is 0.495 e. The number of aromatic nitrogens is 3. The van der Waals surface area contributed by atoms with Crippen molar-refractivity contribution in [2.24, 2.45) is 12.0 Å². The number of morpholine rings is 1. The van der Waals surface area contributed by atoms with E-state index in [0.717, 1.165) is 30.3 Å². The summed E-state index contributed by atoms with van der Waals surface area (Å²) in [5, 5.41) is 0.579. The number of benzene rings is 1. The van der Waals surface area contributed by atoms with Gasteiger partial charge in [-0.05, 0) is 6.07 Å². The standard InChI is InChI=1S/C22H27ClFN7O3/c1-29-18-13(10-15(33-3)16(23)17(18)24)19(31-5-4-25-12-31)20(29)22-26-21(27-28-22)14(11-32-2)30-6-8-34-9-7-30/h4-5,10,12,14,22,28H,6-9,11H2,1-3H3,(H,26,27). The highest BCUT2D eigenvalue weighted by Crippen LogP contribution is 2.41. The lowest BCUT2D eigenvalue weighted by Gasteiger charge is -2.33. The molecule has 0 amide bonds. The average Bonchev–Trinajstić information content (AvgIpc) is 3.60. The van der Waals surface area contributed by atoms with E-state index in [0.29, 0.717) is 30.7 Å². The molecule has 2 aliphatic rings. The van der Waals surface area contributed by atoms with E-state index in [1.165, 1.54) is 7.11 Å². The number of hydrogen-bond acceptors (Lipinski definition) is 8. The van der Waals surface area contributed by atoms with Crippen LogP contribution in [0.2, 0.25) is 5.02 Å². The van der Waals surface area contributed by atoms with E-state index in [-0.39, 0.29) is 16.8 Å². The third kappa shape index (κ3) is 3.83. The number of aryl methyl sites for hydroxylation is 1. The number of amidine groups is 1. The molecular formula is C22H27ClFN7O3. The quantitative estimate of drug-likeness (QED) is 0.522. The maximum Gasteiger partial charge on any atom is 0.169 e. The Hall–Kier alpha value is -2.70. The van der Waals surface area contributed by atoms with Gasteiger partial charge in [0, 0.05) is 45.0 Å². The molecule has 0 bridgehead atoms. The first-order chi connectivity index (χ1) is 16.5. The van der Waals surface area contributed by atoms with Crippen molar-refractivity contribution in [3.8, 4) is 11.4 Å². The Labute approximate surface area is 201 Å². The number of nitrogens with one attached hydrogen (secondary N) is 2. The van der Waals surface area contributed by atoms with E-state index in [1.807, 2.05) is 10.8 Å². The summed E-state index contributed by atoms with van der Waals surface area (Å²) in [5.74, 6) is 0.470. The van der Waals surface area contributed by atoms with Crippen LogP contribution in [-0.4, -0.2) is 78.0 Å². The Morgan fingerprint density at radius 1 is 1.32 bits per heavy atom. The van der Waals surface area contributed by atoms with Crippen molar-refractivity contribution in [3.05, 3.63) is 41.3 Å². The zero-order chi connectivity index (χ0) is 23.8. The summed E-state index contributed by atoms with van der Waals surface area (Å²) in [6.07, 6.45) is 4.67. The van der Waals surface area contributed by atoms with Crippen molar-refractivity contribution in [2.75, 3.05) is 47.1 Å². The van der Waals surface area contributed by atoms with E-state index in [4.69, 9.17) is 30.8 Å².